The minimum atomic E-state index is 0.642. The predicted molar refractivity (Wildman–Crippen MR) is 71.6 cm³/mol. The average molecular weight is 233 g/mol. The molecule has 2 heteroatoms. The van der Waals surface area contributed by atoms with E-state index in [4.69, 9.17) is 4.74 Å². The van der Waals surface area contributed by atoms with Crippen molar-refractivity contribution < 1.29 is 4.74 Å². The van der Waals surface area contributed by atoms with Gasteiger partial charge < -0.3 is 10.1 Å². The molecule has 0 saturated carbocycles. The number of ether oxygens (including phenoxy) is 1. The Morgan fingerprint density at radius 3 is 2.71 bits per heavy atom. The fourth-order valence-electron chi connectivity index (χ4n) is 2.20. The second kappa shape index (κ2) is 6.06. The zero-order chi connectivity index (χ0) is 12.1. The number of benzene rings is 1. The summed E-state index contributed by atoms with van der Waals surface area (Å²) in [6.45, 7) is 7.57. The second-order valence-electron chi connectivity index (χ2n) is 5.05. The lowest BCUT2D eigenvalue weighted by Gasteiger charge is -2.13. The van der Waals surface area contributed by atoms with Gasteiger partial charge in [-0.05, 0) is 43.0 Å². The van der Waals surface area contributed by atoms with Gasteiger partial charge in [0.1, 0.15) is 5.75 Å². The van der Waals surface area contributed by atoms with Crippen molar-refractivity contribution in [3.05, 3.63) is 29.8 Å². The molecule has 2 atom stereocenters. The Morgan fingerprint density at radius 1 is 1.35 bits per heavy atom. The minimum Gasteiger partial charge on any atom is -0.493 e. The molecule has 94 valence electrons. The van der Waals surface area contributed by atoms with Crippen LogP contribution in [0, 0.1) is 5.92 Å². The van der Waals surface area contributed by atoms with Crippen LogP contribution in [-0.2, 0) is 0 Å². The van der Waals surface area contributed by atoms with Gasteiger partial charge in [-0.25, -0.2) is 0 Å². The number of nitrogens with one attached hydrogen (secondary N) is 1. The molecule has 0 aliphatic carbocycles. The third kappa shape index (κ3) is 3.47. The molecule has 0 amide bonds. The van der Waals surface area contributed by atoms with Gasteiger partial charge in [-0.1, -0.05) is 26.0 Å². The summed E-state index contributed by atoms with van der Waals surface area (Å²) in [7, 11) is 0. The van der Waals surface area contributed by atoms with Crippen molar-refractivity contribution in [2.24, 2.45) is 5.92 Å². The standard InChI is InChI=1S/C15H23NO/c1-3-12(2)14-4-6-15(7-5-14)17-11-13-8-9-16-10-13/h4-7,12-13,16H,3,8-11H2,1-2H3/t12-,13-/m1/s1. The van der Waals surface area contributed by atoms with Gasteiger partial charge in [0.2, 0.25) is 0 Å². The molecule has 1 aromatic carbocycles. The molecule has 1 fully saturated rings. The van der Waals surface area contributed by atoms with Crippen LogP contribution in [0.25, 0.3) is 0 Å². The van der Waals surface area contributed by atoms with Gasteiger partial charge in [-0.15, -0.1) is 0 Å². The molecule has 1 aliphatic heterocycles. The van der Waals surface area contributed by atoms with E-state index in [1.807, 2.05) is 0 Å². The number of rotatable bonds is 5. The van der Waals surface area contributed by atoms with Gasteiger partial charge >= 0.3 is 0 Å². The molecule has 0 radical (unpaired) electrons. The first kappa shape index (κ1) is 12.4. The Labute approximate surface area is 104 Å². The minimum absolute atomic E-state index is 0.642. The van der Waals surface area contributed by atoms with Crippen LogP contribution < -0.4 is 10.1 Å². The first-order chi connectivity index (χ1) is 8.29. The van der Waals surface area contributed by atoms with Crippen LogP contribution in [0.3, 0.4) is 0 Å². The molecular formula is C15H23NO. The van der Waals surface area contributed by atoms with Crippen LogP contribution in [0.4, 0.5) is 0 Å². The van der Waals surface area contributed by atoms with Gasteiger partial charge in [0.15, 0.2) is 0 Å². The van der Waals surface area contributed by atoms with Crippen molar-refractivity contribution in [3.63, 3.8) is 0 Å². The van der Waals surface area contributed by atoms with E-state index >= 15 is 0 Å². The molecule has 1 N–H and O–H groups in total. The monoisotopic (exact) mass is 233 g/mol. The number of hydrogen-bond acceptors (Lipinski definition) is 2. The Morgan fingerprint density at radius 2 is 2.12 bits per heavy atom. The number of hydrogen-bond donors (Lipinski definition) is 1. The molecular weight excluding hydrogens is 210 g/mol. The summed E-state index contributed by atoms with van der Waals surface area (Å²) in [4.78, 5) is 0. The summed E-state index contributed by atoms with van der Waals surface area (Å²) in [5, 5.41) is 3.36. The fraction of sp³-hybridized carbons (Fsp3) is 0.600. The predicted octanol–water partition coefficient (Wildman–Crippen LogP) is 3.19. The molecule has 0 unspecified atom stereocenters. The smallest absolute Gasteiger partial charge is 0.119 e. The normalized spacial score (nSPS) is 21.4. The van der Waals surface area contributed by atoms with Gasteiger partial charge in [-0.2, -0.15) is 0 Å². The molecule has 1 saturated heterocycles. The van der Waals surface area contributed by atoms with E-state index in [1.165, 1.54) is 18.4 Å². The highest BCUT2D eigenvalue weighted by atomic mass is 16.5. The van der Waals surface area contributed by atoms with Crippen LogP contribution in [-0.4, -0.2) is 19.7 Å². The van der Waals surface area contributed by atoms with Gasteiger partial charge in [0, 0.05) is 12.5 Å². The third-order valence-corrected chi connectivity index (χ3v) is 3.71. The maximum Gasteiger partial charge on any atom is 0.119 e. The molecule has 1 heterocycles. The van der Waals surface area contributed by atoms with Crippen molar-refractivity contribution >= 4 is 0 Å². The molecule has 0 aromatic heterocycles. The van der Waals surface area contributed by atoms with Crippen molar-refractivity contribution in [2.75, 3.05) is 19.7 Å². The Bertz CT molecular complexity index is 327. The van der Waals surface area contributed by atoms with E-state index in [9.17, 15) is 0 Å². The van der Waals surface area contributed by atoms with Crippen LogP contribution in [0.2, 0.25) is 0 Å². The largest absolute Gasteiger partial charge is 0.493 e. The highest BCUT2D eigenvalue weighted by Crippen LogP contribution is 2.22. The maximum absolute atomic E-state index is 5.82. The second-order valence-corrected chi connectivity index (χ2v) is 5.05. The molecule has 1 aliphatic rings. The zero-order valence-electron chi connectivity index (χ0n) is 10.9. The van der Waals surface area contributed by atoms with Crippen molar-refractivity contribution in [1.29, 1.82) is 0 Å². The average Bonchev–Trinajstić information content (AvgIpc) is 2.89. The summed E-state index contributed by atoms with van der Waals surface area (Å²) in [5.74, 6) is 2.33. The van der Waals surface area contributed by atoms with Crippen molar-refractivity contribution in [3.8, 4) is 5.75 Å². The summed E-state index contributed by atoms with van der Waals surface area (Å²) < 4.78 is 5.82. The SMILES string of the molecule is CC[C@@H](C)c1ccc(OC[C@@H]2CCNC2)cc1. The molecule has 1 aromatic rings. The van der Waals surface area contributed by atoms with E-state index < -0.39 is 0 Å². The van der Waals surface area contributed by atoms with E-state index in [1.54, 1.807) is 0 Å². The molecule has 17 heavy (non-hydrogen) atoms. The topological polar surface area (TPSA) is 21.3 Å². The van der Waals surface area contributed by atoms with E-state index in [0.29, 0.717) is 11.8 Å². The quantitative estimate of drug-likeness (QED) is 0.843. The third-order valence-electron chi connectivity index (χ3n) is 3.71. The van der Waals surface area contributed by atoms with Crippen LogP contribution in [0.5, 0.6) is 5.75 Å². The summed E-state index contributed by atoms with van der Waals surface area (Å²) in [6, 6.07) is 8.58. The lowest BCUT2D eigenvalue weighted by atomic mass is 9.99. The van der Waals surface area contributed by atoms with Crippen LogP contribution in [0.15, 0.2) is 24.3 Å². The van der Waals surface area contributed by atoms with Gasteiger partial charge in [0.05, 0.1) is 6.61 Å². The lowest BCUT2D eigenvalue weighted by Crippen LogP contribution is -2.15. The highest BCUT2D eigenvalue weighted by molar-refractivity contribution is 5.29. The molecule has 0 spiro atoms. The first-order valence-corrected chi connectivity index (χ1v) is 6.73. The summed E-state index contributed by atoms with van der Waals surface area (Å²) >= 11 is 0. The van der Waals surface area contributed by atoms with E-state index in [0.717, 1.165) is 25.4 Å². The van der Waals surface area contributed by atoms with Gasteiger partial charge in [-0.3, -0.25) is 0 Å². The molecule has 2 rings (SSSR count). The Kier molecular flexibility index (Phi) is 4.43. The summed E-state index contributed by atoms with van der Waals surface area (Å²) in [6.07, 6.45) is 2.43. The fourth-order valence-corrected chi connectivity index (χ4v) is 2.20. The molecule has 0 bridgehead atoms. The van der Waals surface area contributed by atoms with E-state index in [2.05, 4.69) is 43.4 Å². The Balaban J connectivity index is 1.84. The summed E-state index contributed by atoms with van der Waals surface area (Å²) in [5.41, 5.74) is 1.40. The molecule has 2 nitrogen and oxygen atoms in total. The zero-order valence-corrected chi connectivity index (χ0v) is 10.9. The van der Waals surface area contributed by atoms with E-state index in [-0.39, 0.29) is 0 Å². The highest BCUT2D eigenvalue weighted by Gasteiger charge is 2.14. The lowest BCUT2D eigenvalue weighted by molar-refractivity contribution is 0.260. The van der Waals surface area contributed by atoms with Gasteiger partial charge in [0.25, 0.3) is 0 Å². The van der Waals surface area contributed by atoms with Crippen molar-refractivity contribution in [1.82, 2.24) is 5.32 Å². The van der Waals surface area contributed by atoms with Crippen LogP contribution >= 0.6 is 0 Å². The van der Waals surface area contributed by atoms with Crippen molar-refractivity contribution in [2.45, 2.75) is 32.6 Å². The first-order valence-electron chi connectivity index (χ1n) is 6.73. The Hall–Kier alpha value is -1.02. The maximum atomic E-state index is 5.82. The van der Waals surface area contributed by atoms with Crippen LogP contribution in [0.1, 0.15) is 38.2 Å².